The Morgan fingerprint density at radius 3 is 2.39 bits per heavy atom. The van der Waals surface area contributed by atoms with Crippen LogP contribution in [0.2, 0.25) is 10.0 Å². The fraction of sp³-hybridized carbons (Fsp3) is 0.533. The van der Waals surface area contributed by atoms with Crippen LogP contribution in [-0.4, -0.2) is 36.9 Å². The van der Waals surface area contributed by atoms with Gasteiger partial charge < -0.3 is 4.90 Å². The summed E-state index contributed by atoms with van der Waals surface area (Å²) in [6.45, 7) is 0.656. The van der Waals surface area contributed by atoms with Crippen molar-refractivity contribution in [3.63, 3.8) is 0 Å². The summed E-state index contributed by atoms with van der Waals surface area (Å²) >= 11 is 12.5. The summed E-state index contributed by atoms with van der Waals surface area (Å²) in [5, 5.41) is 9.62. The van der Waals surface area contributed by atoms with E-state index in [1.54, 1.807) is 28.8 Å². The van der Waals surface area contributed by atoms with Gasteiger partial charge in [0.25, 0.3) is 5.91 Å². The third kappa shape index (κ3) is 3.23. The van der Waals surface area contributed by atoms with Crippen molar-refractivity contribution in [2.75, 3.05) is 6.54 Å². The van der Waals surface area contributed by atoms with Crippen molar-refractivity contribution in [2.24, 2.45) is 14.1 Å². The largest absolute Gasteiger partial charge is 0.328 e. The maximum Gasteiger partial charge on any atom is 0.276 e. The molecule has 2 aromatic rings. The van der Waals surface area contributed by atoms with Crippen LogP contribution in [0.25, 0.3) is 0 Å². The lowest BCUT2D eigenvalue weighted by atomic mass is 10.1. The number of carbonyl (C=O) groups excluding carboxylic acids is 1. The zero-order valence-electron chi connectivity index (χ0n) is 13.2. The van der Waals surface area contributed by atoms with Crippen LogP contribution in [0.15, 0.2) is 12.4 Å². The van der Waals surface area contributed by atoms with Crippen LogP contribution in [0.5, 0.6) is 0 Å². The third-order valence-electron chi connectivity index (χ3n) is 4.13. The molecule has 0 aromatic carbocycles. The molecular weight excluding hydrogens is 337 g/mol. The van der Waals surface area contributed by atoms with Gasteiger partial charge in [0.15, 0.2) is 5.69 Å². The van der Waals surface area contributed by atoms with E-state index in [0.717, 1.165) is 31.4 Å². The number of nitrogens with zero attached hydrogens (tertiary/aromatic N) is 5. The molecule has 1 aliphatic rings. The van der Waals surface area contributed by atoms with Crippen LogP contribution in [-0.2, 0) is 14.1 Å². The first kappa shape index (κ1) is 16.3. The van der Waals surface area contributed by atoms with E-state index < -0.39 is 0 Å². The Bertz CT molecular complexity index is 724. The van der Waals surface area contributed by atoms with Crippen molar-refractivity contribution in [3.05, 3.63) is 33.8 Å². The third-order valence-corrected chi connectivity index (χ3v) is 4.69. The molecule has 1 fully saturated rings. The number of carbonyl (C=O) groups is 1. The summed E-state index contributed by atoms with van der Waals surface area (Å²) in [4.78, 5) is 14.8. The number of likely N-dealkylation sites (tertiary alicyclic amines) is 1. The van der Waals surface area contributed by atoms with E-state index in [4.69, 9.17) is 23.2 Å². The predicted octanol–water partition coefficient (Wildman–Crippen LogP) is 3.22. The van der Waals surface area contributed by atoms with Crippen molar-refractivity contribution in [1.82, 2.24) is 24.5 Å². The molecule has 1 aliphatic heterocycles. The lowest BCUT2D eigenvalue weighted by Gasteiger charge is -2.28. The zero-order valence-corrected chi connectivity index (χ0v) is 14.7. The van der Waals surface area contributed by atoms with Crippen molar-refractivity contribution < 1.29 is 4.79 Å². The van der Waals surface area contributed by atoms with E-state index in [0.29, 0.717) is 16.6 Å². The fourth-order valence-electron chi connectivity index (χ4n) is 3.08. The zero-order chi connectivity index (χ0) is 16.6. The summed E-state index contributed by atoms with van der Waals surface area (Å²) in [5.41, 5.74) is 1.03. The Labute approximate surface area is 145 Å². The monoisotopic (exact) mass is 355 g/mol. The SMILES string of the molecule is Cn1cc(Cl)c(C(=O)N2CCCCC[C@H]2c2nn(C)cc2Cl)n1. The van der Waals surface area contributed by atoms with E-state index in [2.05, 4.69) is 10.2 Å². The summed E-state index contributed by atoms with van der Waals surface area (Å²) in [7, 11) is 3.58. The molecular formula is C15H19Cl2N5O. The van der Waals surface area contributed by atoms with Gasteiger partial charge in [0.1, 0.15) is 5.69 Å². The number of aryl methyl sites for hydroxylation is 2. The minimum absolute atomic E-state index is 0.142. The van der Waals surface area contributed by atoms with Gasteiger partial charge >= 0.3 is 0 Å². The maximum atomic E-state index is 13.0. The van der Waals surface area contributed by atoms with Crippen LogP contribution < -0.4 is 0 Å². The highest BCUT2D eigenvalue weighted by Crippen LogP contribution is 2.34. The number of amides is 1. The molecule has 2 aromatic heterocycles. The van der Waals surface area contributed by atoms with E-state index in [9.17, 15) is 4.79 Å². The smallest absolute Gasteiger partial charge is 0.276 e. The molecule has 3 heterocycles. The topological polar surface area (TPSA) is 56.0 Å². The fourth-order valence-corrected chi connectivity index (χ4v) is 3.64. The van der Waals surface area contributed by atoms with Gasteiger partial charge in [-0.2, -0.15) is 10.2 Å². The van der Waals surface area contributed by atoms with E-state index >= 15 is 0 Å². The molecule has 0 spiro atoms. The van der Waals surface area contributed by atoms with Crippen LogP contribution in [0.3, 0.4) is 0 Å². The Balaban J connectivity index is 1.97. The lowest BCUT2D eigenvalue weighted by molar-refractivity contribution is 0.0670. The summed E-state index contributed by atoms with van der Waals surface area (Å²) in [6, 6.07) is -0.142. The molecule has 23 heavy (non-hydrogen) atoms. The van der Waals surface area contributed by atoms with Gasteiger partial charge in [-0.05, 0) is 12.8 Å². The molecule has 0 N–H and O–H groups in total. The Morgan fingerprint density at radius 1 is 1.09 bits per heavy atom. The number of hydrogen-bond donors (Lipinski definition) is 0. The number of rotatable bonds is 2. The summed E-state index contributed by atoms with van der Waals surface area (Å²) in [5.74, 6) is -0.163. The van der Waals surface area contributed by atoms with E-state index in [1.165, 1.54) is 0 Å². The maximum absolute atomic E-state index is 13.0. The molecule has 0 aliphatic carbocycles. The molecule has 0 saturated carbocycles. The summed E-state index contributed by atoms with van der Waals surface area (Å²) in [6.07, 6.45) is 7.32. The number of hydrogen-bond acceptors (Lipinski definition) is 3. The highest BCUT2D eigenvalue weighted by atomic mass is 35.5. The lowest BCUT2D eigenvalue weighted by Crippen LogP contribution is -2.35. The minimum atomic E-state index is -0.163. The van der Waals surface area contributed by atoms with Crippen LogP contribution in [0, 0.1) is 0 Å². The van der Waals surface area contributed by atoms with Crippen LogP contribution in [0.1, 0.15) is 47.9 Å². The molecule has 124 valence electrons. The van der Waals surface area contributed by atoms with Gasteiger partial charge in [0, 0.05) is 33.0 Å². The van der Waals surface area contributed by atoms with Gasteiger partial charge in [-0.15, -0.1) is 0 Å². The van der Waals surface area contributed by atoms with Crippen molar-refractivity contribution in [3.8, 4) is 0 Å². The van der Waals surface area contributed by atoms with E-state index in [-0.39, 0.29) is 17.6 Å². The highest BCUT2D eigenvalue weighted by molar-refractivity contribution is 6.33. The summed E-state index contributed by atoms with van der Waals surface area (Å²) < 4.78 is 3.23. The van der Waals surface area contributed by atoms with Gasteiger partial charge in [-0.3, -0.25) is 14.2 Å². The molecule has 0 radical (unpaired) electrons. The average molecular weight is 356 g/mol. The van der Waals surface area contributed by atoms with Crippen molar-refractivity contribution >= 4 is 29.1 Å². The number of halogens is 2. The molecule has 8 heteroatoms. The first-order valence-electron chi connectivity index (χ1n) is 7.66. The standard InChI is InChI=1S/C15H19Cl2N5O/c1-20-8-10(16)13(18-20)12-6-4-3-5-7-22(12)15(23)14-11(17)9-21(2)19-14/h8-9,12H,3-7H2,1-2H3/t12-/m0/s1. The quantitative estimate of drug-likeness (QED) is 0.830. The normalized spacial score (nSPS) is 19.0. The molecule has 1 atom stereocenters. The van der Waals surface area contributed by atoms with Gasteiger partial charge in [-0.1, -0.05) is 36.0 Å². The highest BCUT2D eigenvalue weighted by Gasteiger charge is 2.32. The second-order valence-corrected chi connectivity index (χ2v) is 6.71. The van der Waals surface area contributed by atoms with Gasteiger partial charge in [0.2, 0.25) is 0 Å². The van der Waals surface area contributed by atoms with Crippen molar-refractivity contribution in [2.45, 2.75) is 31.7 Å². The van der Waals surface area contributed by atoms with Crippen LogP contribution >= 0.6 is 23.2 Å². The van der Waals surface area contributed by atoms with Crippen molar-refractivity contribution in [1.29, 1.82) is 0 Å². The Morgan fingerprint density at radius 2 is 1.78 bits per heavy atom. The molecule has 1 amide bonds. The second kappa shape index (κ2) is 6.53. The minimum Gasteiger partial charge on any atom is -0.328 e. The van der Waals surface area contributed by atoms with Crippen LogP contribution in [0.4, 0.5) is 0 Å². The number of aromatic nitrogens is 4. The Kier molecular flexibility index (Phi) is 4.64. The second-order valence-electron chi connectivity index (χ2n) is 5.90. The molecule has 0 unspecified atom stereocenters. The van der Waals surface area contributed by atoms with Gasteiger partial charge in [0.05, 0.1) is 16.1 Å². The first-order valence-corrected chi connectivity index (χ1v) is 8.42. The predicted molar refractivity (Wildman–Crippen MR) is 88.7 cm³/mol. The molecule has 6 nitrogen and oxygen atoms in total. The van der Waals surface area contributed by atoms with Gasteiger partial charge in [-0.25, -0.2) is 0 Å². The molecule has 3 rings (SSSR count). The first-order chi connectivity index (χ1) is 11.0. The molecule has 1 saturated heterocycles. The van der Waals surface area contributed by atoms with E-state index in [1.807, 2.05) is 11.9 Å². The average Bonchev–Trinajstić information content (AvgIpc) is 2.90. The molecule has 0 bridgehead atoms. The Hall–Kier alpha value is -1.53.